The van der Waals surface area contributed by atoms with Gasteiger partial charge in [0.05, 0.1) is 4.90 Å². The van der Waals surface area contributed by atoms with Crippen LogP contribution in [-0.2, 0) is 21.2 Å². The maximum atomic E-state index is 13.5. The summed E-state index contributed by atoms with van der Waals surface area (Å²) in [6.07, 6.45) is 3.05. The Morgan fingerprint density at radius 3 is 2.34 bits per heavy atom. The van der Waals surface area contributed by atoms with Gasteiger partial charge in [-0.3, -0.25) is 4.79 Å². The standard InChI is InChI=1S/C26H28N2O3S/c1-19-10-11-21-7-4-5-9-25(21)28(19)26(29)22-14-16-27(17-15-22)32(30,31)24-13-12-20-6-2-3-8-23(20)18-24/h2-9,12-13,18-19,22H,10-11,14-17H2,1H3. The van der Waals surface area contributed by atoms with Crippen molar-refractivity contribution in [2.75, 3.05) is 18.0 Å². The molecule has 1 fully saturated rings. The summed E-state index contributed by atoms with van der Waals surface area (Å²) in [5.74, 6) is -0.0148. The number of aryl methyl sites for hydroxylation is 1. The molecule has 1 atom stereocenters. The molecule has 0 saturated carbocycles. The predicted octanol–water partition coefficient (Wildman–Crippen LogP) is 4.61. The van der Waals surface area contributed by atoms with Gasteiger partial charge in [0.25, 0.3) is 0 Å². The number of hydrogen-bond donors (Lipinski definition) is 0. The van der Waals surface area contributed by atoms with Crippen LogP contribution in [0.1, 0.15) is 31.7 Å². The summed E-state index contributed by atoms with van der Waals surface area (Å²) in [4.78, 5) is 15.7. The van der Waals surface area contributed by atoms with Gasteiger partial charge in [0.1, 0.15) is 0 Å². The van der Waals surface area contributed by atoms with Crippen LogP contribution in [0.3, 0.4) is 0 Å². The van der Waals surface area contributed by atoms with E-state index in [1.165, 1.54) is 9.87 Å². The topological polar surface area (TPSA) is 57.7 Å². The number of carbonyl (C=O) groups is 1. The third kappa shape index (κ3) is 3.71. The molecule has 6 heteroatoms. The van der Waals surface area contributed by atoms with E-state index < -0.39 is 10.0 Å². The second kappa shape index (κ2) is 8.34. The van der Waals surface area contributed by atoms with Crippen molar-refractivity contribution >= 4 is 32.4 Å². The maximum Gasteiger partial charge on any atom is 0.243 e. The van der Waals surface area contributed by atoms with Crippen LogP contribution in [0, 0.1) is 5.92 Å². The van der Waals surface area contributed by atoms with Crippen LogP contribution in [0.25, 0.3) is 10.8 Å². The molecule has 2 aliphatic heterocycles. The van der Waals surface area contributed by atoms with Crippen LogP contribution in [0.5, 0.6) is 0 Å². The Morgan fingerprint density at radius 2 is 1.56 bits per heavy atom. The predicted molar refractivity (Wildman–Crippen MR) is 127 cm³/mol. The molecule has 5 nitrogen and oxygen atoms in total. The molecule has 0 aromatic heterocycles. The Balaban J connectivity index is 1.32. The zero-order valence-electron chi connectivity index (χ0n) is 18.3. The highest BCUT2D eigenvalue weighted by atomic mass is 32.2. The zero-order chi connectivity index (χ0) is 22.3. The Hall–Kier alpha value is -2.70. The number of carbonyl (C=O) groups excluding carboxylic acids is 1. The number of hydrogen-bond acceptors (Lipinski definition) is 3. The lowest BCUT2D eigenvalue weighted by atomic mass is 9.91. The third-order valence-electron chi connectivity index (χ3n) is 6.92. The molecule has 2 aliphatic rings. The minimum absolute atomic E-state index is 0.132. The van der Waals surface area contributed by atoms with Crippen molar-refractivity contribution in [2.45, 2.75) is 43.5 Å². The molecule has 0 spiro atoms. The van der Waals surface area contributed by atoms with Gasteiger partial charge in [0.15, 0.2) is 0 Å². The first-order valence-electron chi connectivity index (χ1n) is 11.3. The molecule has 1 saturated heterocycles. The molecule has 1 amide bonds. The largest absolute Gasteiger partial charge is 0.309 e. The number of benzene rings is 3. The van der Waals surface area contributed by atoms with E-state index in [1.807, 2.05) is 53.4 Å². The van der Waals surface area contributed by atoms with Gasteiger partial charge in [0, 0.05) is 30.7 Å². The molecular formula is C26H28N2O3S. The molecule has 3 aromatic rings. The van der Waals surface area contributed by atoms with E-state index in [2.05, 4.69) is 13.0 Å². The van der Waals surface area contributed by atoms with Gasteiger partial charge < -0.3 is 4.90 Å². The van der Waals surface area contributed by atoms with Gasteiger partial charge in [-0.25, -0.2) is 8.42 Å². The first-order chi connectivity index (χ1) is 15.4. The molecule has 0 radical (unpaired) electrons. The normalized spacial score (nSPS) is 20.3. The Morgan fingerprint density at radius 1 is 0.875 bits per heavy atom. The van der Waals surface area contributed by atoms with Gasteiger partial charge in [-0.2, -0.15) is 4.31 Å². The smallest absolute Gasteiger partial charge is 0.243 e. The first-order valence-corrected chi connectivity index (χ1v) is 12.8. The van der Waals surface area contributed by atoms with Crippen molar-refractivity contribution in [2.24, 2.45) is 5.92 Å². The summed E-state index contributed by atoms with van der Waals surface area (Å²) in [5.41, 5.74) is 2.23. The molecular weight excluding hydrogens is 420 g/mol. The lowest BCUT2D eigenvalue weighted by Gasteiger charge is -2.39. The van der Waals surface area contributed by atoms with Gasteiger partial charge in [-0.05, 0) is 67.1 Å². The molecule has 0 aliphatic carbocycles. The Kier molecular flexibility index (Phi) is 5.51. The lowest BCUT2D eigenvalue weighted by molar-refractivity contribution is -0.124. The number of rotatable bonds is 3. The van der Waals surface area contributed by atoms with E-state index >= 15 is 0 Å². The zero-order valence-corrected chi connectivity index (χ0v) is 19.1. The molecule has 3 aromatic carbocycles. The fourth-order valence-electron chi connectivity index (χ4n) is 5.04. The molecule has 166 valence electrons. The molecule has 0 bridgehead atoms. The molecule has 1 unspecified atom stereocenters. The average molecular weight is 449 g/mol. The van der Waals surface area contributed by atoms with Crippen LogP contribution >= 0.6 is 0 Å². The van der Waals surface area contributed by atoms with E-state index in [4.69, 9.17) is 0 Å². The third-order valence-corrected chi connectivity index (χ3v) is 8.82. The number of fused-ring (bicyclic) bond motifs is 2. The van der Waals surface area contributed by atoms with Crippen LogP contribution in [0.4, 0.5) is 5.69 Å². The summed E-state index contributed by atoms with van der Waals surface area (Å²) in [6.45, 7) is 2.85. The number of amides is 1. The van der Waals surface area contributed by atoms with Crippen molar-refractivity contribution in [3.63, 3.8) is 0 Å². The average Bonchev–Trinajstić information content (AvgIpc) is 2.83. The second-order valence-corrected chi connectivity index (χ2v) is 10.8. The monoisotopic (exact) mass is 448 g/mol. The maximum absolute atomic E-state index is 13.5. The Labute approximate surface area is 189 Å². The number of piperidine rings is 1. The van der Waals surface area contributed by atoms with Crippen LogP contribution < -0.4 is 4.90 Å². The summed E-state index contributed by atoms with van der Waals surface area (Å²) in [6, 6.07) is 21.3. The number of nitrogens with zero attached hydrogens (tertiary/aromatic N) is 2. The summed E-state index contributed by atoms with van der Waals surface area (Å²) < 4.78 is 28.0. The minimum Gasteiger partial charge on any atom is -0.309 e. The van der Waals surface area contributed by atoms with E-state index in [1.54, 1.807) is 12.1 Å². The fraction of sp³-hybridized carbons (Fsp3) is 0.346. The van der Waals surface area contributed by atoms with Crippen LogP contribution in [0.2, 0.25) is 0 Å². The van der Waals surface area contributed by atoms with Crippen molar-refractivity contribution in [3.05, 3.63) is 72.3 Å². The second-order valence-electron chi connectivity index (χ2n) is 8.91. The highest BCUT2D eigenvalue weighted by Crippen LogP contribution is 2.34. The number of sulfonamides is 1. The van der Waals surface area contributed by atoms with E-state index in [0.29, 0.717) is 30.8 Å². The van der Waals surface area contributed by atoms with E-state index in [9.17, 15) is 13.2 Å². The van der Waals surface area contributed by atoms with Crippen LogP contribution in [0.15, 0.2) is 71.6 Å². The molecule has 2 heterocycles. The molecule has 5 rings (SSSR count). The summed E-state index contributed by atoms with van der Waals surface area (Å²) in [5, 5.41) is 1.93. The molecule has 32 heavy (non-hydrogen) atoms. The lowest BCUT2D eigenvalue weighted by Crippen LogP contribution is -2.48. The summed E-state index contributed by atoms with van der Waals surface area (Å²) in [7, 11) is -3.58. The van der Waals surface area contributed by atoms with E-state index in [-0.39, 0.29) is 17.9 Å². The number of anilines is 1. The van der Waals surface area contributed by atoms with Gasteiger partial charge in [-0.15, -0.1) is 0 Å². The van der Waals surface area contributed by atoms with Crippen molar-refractivity contribution < 1.29 is 13.2 Å². The van der Waals surface area contributed by atoms with Gasteiger partial charge in [-0.1, -0.05) is 48.5 Å². The Bertz CT molecular complexity index is 1260. The van der Waals surface area contributed by atoms with E-state index in [0.717, 1.165) is 29.3 Å². The first kappa shape index (κ1) is 21.2. The fourth-order valence-corrected chi connectivity index (χ4v) is 6.55. The van der Waals surface area contributed by atoms with Crippen molar-refractivity contribution in [1.29, 1.82) is 0 Å². The summed E-state index contributed by atoms with van der Waals surface area (Å²) >= 11 is 0. The van der Waals surface area contributed by atoms with Crippen molar-refractivity contribution in [1.82, 2.24) is 4.31 Å². The van der Waals surface area contributed by atoms with Crippen molar-refractivity contribution in [3.8, 4) is 0 Å². The highest BCUT2D eigenvalue weighted by molar-refractivity contribution is 7.89. The molecule has 0 N–H and O–H groups in total. The van der Waals surface area contributed by atoms with Gasteiger partial charge in [0.2, 0.25) is 15.9 Å². The van der Waals surface area contributed by atoms with Crippen LogP contribution in [-0.4, -0.2) is 37.8 Å². The minimum atomic E-state index is -3.58. The van der Waals surface area contributed by atoms with Gasteiger partial charge >= 0.3 is 0 Å². The number of para-hydroxylation sites is 1. The SMILES string of the molecule is CC1CCc2ccccc2N1C(=O)C1CCN(S(=O)(=O)c2ccc3ccccc3c2)CC1. The quantitative estimate of drug-likeness (QED) is 0.588. The highest BCUT2D eigenvalue weighted by Gasteiger charge is 2.37.